The predicted octanol–water partition coefficient (Wildman–Crippen LogP) is 2.21. The Kier molecular flexibility index (Phi) is 3.02. The Balaban J connectivity index is 3.08. The van der Waals surface area contributed by atoms with Gasteiger partial charge >= 0.3 is 10.3 Å². The highest BCUT2D eigenvalue weighted by molar-refractivity contribution is 7.87. The molecule has 0 aliphatic rings. The summed E-state index contributed by atoms with van der Waals surface area (Å²) in [6.45, 7) is 0. The van der Waals surface area contributed by atoms with Crippen LogP contribution in [0.15, 0.2) is 18.2 Å². The minimum atomic E-state index is -4.31. The van der Waals surface area contributed by atoms with Gasteiger partial charge in [-0.25, -0.2) is 0 Å². The molecule has 4 nitrogen and oxygen atoms in total. The number of halogens is 2. The maximum Gasteiger partial charge on any atom is 0.357 e. The van der Waals surface area contributed by atoms with Crippen molar-refractivity contribution >= 4 is 39.2 Å². The molecule has 13 heavy (non-hydrogen) atoms. The third-order valence-electron chi connectivity index (χ3n) is 1.17. The highest BCUT2D eigenvalue weighted by Crippen LogP contribution is 2.25. The molecule has 0 spiro atoms. The van der Waals surface area contributed by atoms with E-state index in [1.807, 2.05) is 0 Å². The molecule has 0 aromatic heterocycles. The maximum absolute atomic E-state index is 10.4. The van der Waals surface area contributed by atoms with E-state index in [4.69, 9.17) is 27.8 Å². The molecule has 0 heterocycles. The van der Waals surface area contributed by atoms with E-state index in [2.05, 4.69) is 0 Å². The highest BCUT2D eigenvalue weighted by Gasteiger charge is 2.07. The summed E-state index contributed by atoms with van der Waals surface area (Å²) in [5.41, 5.74) is 0.0386. The van der Waals surface area contributed by atoms with Crippen LogP contribution >= 0.6 is 23.2 Å². The molecular weight excluding hydrogens is 237 g/mol. The van der Waals surface area contributed by atoms with Crippen LogP contribution < -0.4 is 4.72 Å². The van der Waals surface area contributed by atoms with E-state index < -0.39 is 10.3 Å². The van der Waals surface area contributed by atoms with Crippen molar-refractivity contribution in [3.63, 3.8) is 0 Å². The molecule has 0 aliphatic carbocycles. The number of rotatable bonds is 2. The van der Waals surface area contributed by atoms with Gasteiger partial charge in [0.25, 0.3) is 0 Å². The molecule has 0 fully saturated rings. The van der Waals surface area contributed by atoms with Gasteiger partial charge in [-0.15, -0.1) is 0 Å². The fraction of sp³-hybridized carbons (Fsp3) is 0. The molecule has 0 bridgehead atoms. The van der Waals surface area contributed by atoms with Crippen molar-refractivity contribution < 1.29 is 13.0 Å². The average molecular weight is 242 g/mol. The first kappa shape index (κ1) is 10.6. The Bertz CT molecular complexity index is 418. The summed E-state index contributed by atoms with van der Waals surface area (Å²) in [5, 5.41) is 0.470. The fourth-order valence-electron chi connectivity index (χ4n) is 0.715. The van der Waals surface area contributed by atoms with Crippen molar-refractivity contribution in [2.75, 3.05) is 4.72 Å². The first-order valence-electron chi connectivity index (χ1n) is 3.09. The van der Waals surface area contributed by atoms with Crippen LogP contribution in [0.5, 0.6) is 0 Å². The predicted molar refractivity (Wildman–Crippen MR) is 51.6 cm³/mol. The number of anilines is 1. The largest absolute Gasteiger partial charge is 0.357 e. The molecule has 7 heteroatoms. The second-order valence-corrected chi connectivity index (χ2v) is 4.20. The molecule has 0 aliphatic heterocycles. The van der Waals surface area contributed by atoms with E-state index in [0.717, 1.165) is 0 Å². The van der Waals surface area contributed by atoms with Crippen molar-refractivity contribution in [2.45, 2.75) is 0 Å². The van der Waals surface area contributed by atoms with E-state index in [1.165, 1.54) is 18.2 Å². The third kappa shape index (κ3) is 3.40. The fourth-order valence-corrected chi connectivity index (χ4v) is 1.55. The SMILES string of the molecule is O=S(=O)(O)Nc1cc(Cl)ccc1Cl. The quantitative estimate of drug-likeness (QED) is 0.781. The molecule has 2 N–H and O–H groups in total. The van der Waals surface area contributed by atoms with Crippen molar-refractivity contribution in [1.29, 1.82) is 0 Å². The molecule has 1 aromatic carbocycles. The summed E-state index contributed by atoms with van der Waals surface area (Å²) in [6, 6.07) is 4.20. The number of benzene rings is 1. The van der Waals surface area contributed by atoms with E-state index >= 15 is 0 Å². The van der Waals surface area contributed by atoms with Crippen LogP contribution in [0.2, 0.25) is 10.0 Å². The van der Waals surface area contributed by atoms with E-state index in [1.54, 1.807) is 4.72 Å². The lowest BCUT2D eigenvalue weighted by molar-refractivity contribution is 0.490. The molecule has 72 valence electrons. The monoisotopic (exact) mass is 241 g/mol. The molecule has 0 saturated carbocycles. The third-order valence-corrected chi connectivity index (χ3v) is 2.21. The van der Waals surface area contributed by atoms with Gasteiger partial charge in [0, 0.05) is 5.02 Å². The maximum atomic E-state index is 10.4. The van der Waals surface area contributed by atoms with Crippen LogP contribution in [0, 0.1) is 0 Å². The van der Waals surface area contributed by atoms with Crippen LogP contribution in [0.1, 0.15) is 0 Å². The van der Waals surface area contributed by atoms with Gasteiger partial charge in [0.2, 0.25) is 0 Å². The summed E-state index contributed by atoms with van der Waals surface area (Å²) < 4.78 is 31.1. The minimum absolute atomic E-state index is 0.0386. The van der Waals surface area contributed by atoms with Crippen molar-refractivity contribution in [2.24, 2.45) is 0 Å². The van der Waals surface area contributed by atoms with Gasteiger partial charge in [0.05, 0.1) is 10.7 Å². The van der Waals surface area contributed by atoms with Gasteiger partial charge in [-0.1, -0.05) is 23.2 Å². The Morgan fingerprint density at radius 3 is 2.46 bits per heavy atom. The molecule has 1 aromatic rings. The zero-order valence-electron chi connectivity index (χ0n) is 6.16. The van der Waals surface area contributed by atoms with E-state index in [9.17, 15) is 8.42 Å². The summed E-state index contributed by atoms with van der Waals surface area (Å²) >= 11 is 11.2. The lowest BCUT2D eigenvalue weighted by atomic mass is 10.3. The van der Waals surface area contributed by atoms with Gasteiger partial charge in [0.15, 0.2) is 0 Å². The molecular formula is C6H5Cl2NO3S. The van der Waals surface area contributed by atoms with E-state index in [0.29, 0.717) is 5.02 Å². The van der Waals surface area contributed by atoms with Gasteiger partial charge < -0.3 is 0 Å². The van der Waals surface area contributed by atoms with Crippen molar-refractivity contribution in [3.05, 3.63) is 28.2 Å². The first-order chi connectivity index (χ1) is 5.88. The van der Waals surface area contributed by atoms with Crippen molar-refractivity contribution in [3.8, 4) is 0 Å². The Hall–Kier alpha value is -0.490. The molecule has 0 unspecified atom stereocenters. The van der Waals surface area contributed by atoms with Gasteiger partial charge in [-0.05, 0) is 18.2 Å². The zero-order valence-corrected chi connectivity index (χ0v) is 8.49. The Morgan fingerprint density at radius 2 is 1.92 bits per heavy atom. The minimum Gasteiger partial charge on any atom is -0.269 e. The first-order valence-corrected chi connectivity index (χ1v) is 5.28. The zero-order chi connectivity index (χ0) is 10.1. The Morgan fingerprint density at radius 1 is 1.31 bits per heavy atom. The summed E-state index contributed by atoms with van der Waals surface area (Å²) in [6.07, 6.45) is 0. The number of hydrogen-bond acceptors (Lipinski definition) is 2. The summed E-state index contributed by atoms with van der Waals surface area (Å²) in [7, 11) is -4.31. The number of hydrogen-bond donors (Lipinski definition) is 2. The van der Waals surface area contributed by atoms with Crippen LogP contribution in [0.4, 0.5) is 5.69 Å². The smallest absolute Gasteiger partial charge is 0.269 e. The lowest BCUT2D eigenvalue weighted by Gasteiger charge is -2.04. The standard InChI is InChI=1S/C6H5Cl2NO3S/c7-4-1-2-5(8)6(3-4)9-13(10,11)12/h1-3,9H,(H,10,11,12). The van der Waals surface area contributed by atoms with Crippen LogP contribution in [-0.4, -0.2) is 13.0 Å². The molecule has 0 atom stereocenters. The molecule has 1 rings (SSSR count). The second-order valence-electron chi connectivity index (χ2n) is 2.20. The van der Waals surface area contributed by atoms with Gasteiger partial charge in [-0.3, -0.25) is 9.27 Å². The molecule has 0 saturated heterocycles. The summed E-state index contributed by atoms with van der Waals surface area (Å²) in [4.78, 5) is 0. The normalized spacial score (nSPS) is 11.3. The van der Waals surface area contributed by atoms with Crippen molar-refractivity contribution in [1.82, 2.24) is 0 Å². The lowest BCUT2D eigenvalue weighted by Crippen LogP contribution is -2.10. The van der Waals surface area contributed by atoms with Gasteiger partial charge in [0.1, 0.15) is 0 Å². The Labute approximate surface area is 85.4 Å². The topological polar surface area (TPSA) is 66.4 Å². The van der Waals surface area contributed by atoms with Crippen LogP contribution in [0.25, 0.3) is 0 Å². The molecule has 0 amide bonds. The second kappa shape index (κ2) is 3.71. The van der Waals surface area contributed by atoms with Crippen LogP contribution in [0.3, 0.4) is 0 Å². The molecule has 0 radical (unpaired) electrons. The van der Waals surface area contributed by atoms with Crippen LogP contribution in [-0.2, 0) is 10.3 Å². The van der Waals surface area contributed by atoms with Gasteiger partial charge in [-0.2, -0.15) is 8.42 Å². The average Bonchev–Trinajstić information content (AvgIpc) is 1.94. The summed E-state index contributed by atoms with van der Waals surface area (Å²) in [5.74, 6) is 0. The highest BCUT2D eigenvalue weighted by atomic mass is 35.5. The number of nitrogens with one attached hydrogen (secondary N) is 1. The van der Waals surface area contributed by atoms with E-state index in [-0.39, 0.29) is 10.7 Å².